The minimum absolute atomic E-state index is 0.0143. The van der Waals surface area contributed by atoms with Gasteiger partial charge in [-0.1, -0.05) is 91.7 Å². The van der Waals surface area contributed by atoms with Crippen LogP contribution in [0.4, 0.5) is 0 Å². The van der Waals surface area contributed by atoms with Gasteiger partial charge in [-0.3, -0.25) is 18.9 Å². The quantitative estimate of drug-likeness (QED) is 0.252. The molecule has 0 unspecified atom stereocenters. The van der Waals surface area contributed by atoms with Crippen molar-refractivity contribution in [2.24, 2.45) is 0 Å². The Kier molecular flexibility index (Phi) is 7.45. The third-order valence-electron chi connectivity index (χ3n) is 6.73. The Morgan fingerprint density at radius 1 is 0.868 bits per heavy atom. The molecule has 0 aliphatic rings. The molecular formula is C31H30N4O3. The van der Waals surface area contributed by atoms with Crippen LogP contribution in [0.25, 0.3) is 28.2 Å². The van der Waals surface area contributed by atoms with Crippen molar-refractivity contribution in [3.8, 4) is 28.2 Å². The summed E-state index contributed by atoms with van der Waals surface area (Å²) in [5, 5.41) is 3.85. The second-order valence-electron chi connectivity index (χ2n) is 9.38. The lowest BCUT2D eigenvalue weighted by atomic mass is 9.96. The van der Waals surface area contributed by atoms with Gasteiger partial charge in [0.15, 0.2) is 5.82 Å². The minimum Gasteiger partial charge on any atom is -0.296 e. The zero-order valence-electron chi connectivity index (χ0n) is 21.6. The molecule has 5 rings (SSSR count). The highest BCUT2D eigenvalue weighted by molar-refractivity contribution is 5.80. The van der Waals surface area contributed by atoms with Gasteiger partial charge < -0.3 is 0 Å². The normalized spacial score (nSPS) is 11.1. The molecule has 1 N–H and O–H groups in total. The molecule has 0 saturated carbocycles. The molecule has 0 amide bonds. The van der Waals surface area contributed by atoms with E-state index in [0.29, 0.717) is 18.1 Å². The average molecular weight is 507 g/mol. The summed E-state index contributed by atoms with van der Waals surface area (Å²) in [6, 6.07) is 25.5. The van der Waals surface area contributed by atoms with Crippen molar-refractivity contribution in [2.45, 2.75) is 46.0 Å². The minimum atomic E-state index is -0.590. The van der Waals surface area contributed by atoms with E-state index in [9.17, 15) is 9.59 Å². The van der Waals surface area contributed by atoms with Crippen LogP contribution in [-0.2, 0) is 12.8 Å². The molecule has 2 heterocycles. The maximum atomic E-state index is 13.8. The van der Waals surface area contributed by atoms with Crippen molar-refractivity contribution in [1.82, 2.24) is 19.7 Å². The van der Waals surface area contributed by atoms with Gasteiger partial charge in [-0.05, 0) is 48.6 Å². The Labute approximate surface area is 220 Å². The van der Waals surface area contributed by atoms with Gasteiger partial charge in [0.1, 0.15) is 5.82 Å². The van der Waals surface area contributed by atoms with Crippen LogP contribution in [0.5, 0.6) is 0 Å². The summed E-state index contributed by atoms with van der Waals surface area (Å²) in [5.41, 5.74) is 6.13. The third-order valence-corrected chi connectivity index (χ3v) is 6.73. The summed E-state index contributed by atoms with van der Waals surface area (Å²) in [5.74, 6) is 0.501. The second kappa shape index (κ2) is 11.3. The Morgan fingerprint density at radius 3 is 2.26 bits per heavy atom. The van der Waals surface area contributed by atoms with E-state index in [2.05, 4.69) is 17.1 Å². The van der Waals surface area contributed by atoms with Gasteiger partial charge >= 0.3 is 5.76 Å². The number of rotatable bonds is 9. The number of para-hydroxylation sites is 1. The zero-order valence-corrected chi connectivity index (χ0v) is 21.6. The molecule has 0 atom stereocenters. The number of unbranched alkanes of at least 4 members (excludes halogenated alkanes) is 2. The van der Waals surface area contributed by atoms with Gasteiger partial charge in [-0.2, -0.15) is 0 Å². The van der Waals surface area contributed by atoms with Crippen LogP contribution in [0.2, 0.25) is 0 Å². The first-order chi connectivity index (χ1) is 18.5. The highest BCUT2D eigenvalue weighted by atomic mass is 16.5. The number of benzene rings is 3. The fourth-order valence-electron chi connectivity index (χ4n) is 4.82. The van der Waals surface area contributed by atoms with E-state index >= 15 is 0 Å². The van der Waals surface area contributed by atoms with E-state index in [1.807, 2.05) is 85.8 Å². The number of aromatic amines is 1. The molecule has 0 saturated heterocycles. The van der Waals surface area contributed by atoms with E-state index in [4.69, 9.17) is 9.51 Å². The van der Waals surface area contributed by atoms with Crippen LogP contribution in [0.15, 0.2) is 93.0 Å². The van der Waals surface area contributed by atoms with Crippen molar-refractivity contribution in [3.05, 3.63) is 122 Å². The first kappa shape index (κ1) is 25.1. The van der Waals surface area contributed by atoms with Gasteiger partial charge in [0, 0.05) is 17.5 Å². The zero-order chi connectivity index (χ0) is 26.5. The summed E-state index contributed by atoms with van der Waals surface area (Å²) in [6.45, 7) is 4.07. The SMILES string of the molecule is CCCCCc1nc(C)n(-c2ccccc2)c(=O)c1Cc1ccc(-c2ccccc2-c2noc(=O)[nH]2)cc1. The fourth-order valence-corrected chi connectivity index (χ4v) is 4.82. The Bertz CT molecular complexity index is 1650. The molecule has 38 heavy (non-hydrogen) atoms. The lowest BCUT2D eigenvalue weighted by molar-refractivity contribution is 0.388. The molecular weight excluding hydrogens is 476 g/mol. The molecule has 0 fully saturated rings. The van der Waals surface area contributed by atoms with E-state index in [0.717, 1.165) is 64.9 Å². The van der Waals surface area contributed by atoms with Crippen molar-refractivity contribution in [3.63, 3.8) is 0 Å². The first-order valence-corrected chi connectivity index (χ1v) is 13.0. The van der Waals surface area contributed by atoms with E-state index in [-0.39, 0.29) is 5.56 Å². The van der Waals surface area contributed by atoms with Gasteiger partial charge in [0.2, 0.25) is 0 Å². The van der Waals surface area contributed by atoms with E-state index in [1.165, 1.54) is 0 Å². The molecule has 0 bridgehead atoms. The summed E-state index contributed by atoms with van der Waals surface area (Å²) in [4.78, 5) is 32.8. The van der Waals surface area contributed by atoms with Gasteiger partial charge in [-0.15, -0.1) is 0 Å². The second-order valence-corrected chi connectivity index (χ2v) is 9.38. The number of hydrogen-bond donors (Lipinski definition) is 1. The van der Waals surface area contributed by atoms with Crippen molar-refractivity contribution >= 4 is 0 Å². The maximum Gasteiger partial charge on any atom is 0.439 e. The van der Waals surface area contributed by atoms with E-state index < -0.39 is 5.76 Å². The molecule has 7 heteroatoms. The lowest BCUT2D eigenvalue weighted by Gasteiger charge is -2.16. The summed E-state index contributed by atoms with van der Waals surface area (Å²) in [6.07, 6.45) is 4.51. The molecule has 5 aromatic rings. The molecule has 0 aliphatic carbocycles. The predicted octanol–water partition coefficient (Wildman–Crippen LogP) is 5.87. The van der Waals surface area contributed by atoms with Gasteiger partial charge in [-0.25, -0.2) is 9.78 Å². The number of nitrogens with one attached hydrogen (secondary N) is 1. The van der Waals surface area contributed by atoms with Gasteiger partial charge in [0.05, 0.1) is 11.4 Å². The van der Waals surface area contributed by atoms with Crippen LogP contribution < -0.4 is 11.3 Å². The standard InChI is InChI=1S/C31H30N4O3/c1-3-4-6-15-28-27(30(36)35(21(2)32-28)24-11-7-5-8-12-24)20-22-16-18-23(19-17-22)25-13-9-10-14-26(25)29-33-31(37)38-34-29/h5,7-14,16-19H,3-4,6,15,20H2,1-2H3,(H,33,34,37). The topological polar surface area (TPSA) is 93.8 Å². The van der Waals surface area contributed by atoms with E-state index in [1.54, 1.807) is 4.57 Å². The van der Waals surface area contributed by atoms with Crippen LogP contribution in [0, 0.1) is 6.92 Å². The van der Waals surface area contributed by atoms with Crippen molar-refractivity contribution in [2.75, 3.05) is 0 Å². The third kappa shape index (κ3) is 5.27. The number of nitrogens with zero attached hydrogens (tertiary/aromatic N) is 3. The molecule has 0 aliphatic heterocycles. The Morgan fingerprint density at radius 2 is 1.58 bits per heavy atom. The Hall–Kier alpha value is -4.52. The predicted molar refractivity (Wildman–Crippen MR) is 149 cm³/mol. The van der Waals surface area contributed by atoms with Crippen LogP contribution in [0.3, 0.4) is 0 Å². The monoisotopic (exact) mass is 506 g/mol. The average Bonchev–Trinajstić information content (AvgIpc) is 3.38. The summed E-state index contributed by atoms with van der Waals surface area (Å²) >= 11 is 0. The molecule has 3 aromatic carbocycles. The molecule has 2 aromatic heterocycles. The summed E-state index contributed by atoms with van der Waals surface area (Å²) in [7, 11) is 0. The van der Waals surface area contributed by atoms with Crippen molar-refractivity contribution < 1.29 is 4.52 Å². The molecule has 0 spiro atoms. The molecule has 7 nitrogen and oxygen atoms in total. The van der Waals surface area contributed by atoms with Gasteiger partial charge in [0.25, 0.3) is 5.56 Å². The number of aromatic nitrogens is 4. The van der Waals surface area contributed by atoms with Crippen LogP contribution in [-0.4, -0.2) is 19.7 Å². The van der Waals surface area contributed by atoms with Crippen LogP contribution in [0.1, 0.15) is 48.8 Å². The first-order valence-electron chi connectivity index (χ1n) is 13.0. The highest BCUT2D eigenvalue weighted by Crippen LogP contribution is 2.30. The lowest BCUT2D eigenvalue weighted by Crippen LogP contribution is -2.28. The van der Waals surface area contributed by atoms with Crippen LogP contribution >= 0.6 is 0 Å². The largest absolute Gasteiger partial charge is 0.439 e. The number of hydrogen-bond acceptors (Lipinski definition) is 5. The van der Waals surface area contributed by atoms with Crippen molar-refractivity contribution in [1.29, 1.82) is 0 Å². The number of H-pyrrole nitrogens is 1. The fraction of sp³-hybridized carbons (Fsp3) is 0.226. The highest BCUT2D eigenvalue weighted by Gasteiger charge is 2.17. The number of aryl methyl sites for hydroxylation is 2. The smallest absolute Gasteiger partial charge is 0.296 e. The summed E-state index contributed by atoms with van der Waals surface area (Å²) < 4.78 is 6.41. The molecule has 0 radical (unpaired) electrons. The Balaban J connectivity index is 1.50. The molecule has 192 valence electrons. The maximum absolute atomic E-state index is 13.8.